The first-order valence-corrected chi connectivity index (χ1v) is 6.87. The monoisotopic (exact) mass is 293 g/mol. The highest BCUT2D eigenvalue weighted by Gasteiger charge is 2.33. The molecule has 1 atom stereocenters. The molecule has 112 valence electrons. The molecule has 21 heavy (non-hydrogen) atoms. The Labute approximate surface area is 122 Å². The summed E-state index contributed by atoms with van der Waals surface area (Å²) in [6.07, 6.45) is 1.66. The largest absolute Gasteiger partial charge is 0.413 e. The molecule has 0 fully saturated rings. The molecule has 0 bridgehead atoms. The van der Waals surface area contributed by atoms with Crippen LogP contribution in [0.5, 0.6) is 0 Å². The summed E-state index contributed by atoms with van der Waals surface area (Å²) in [6.45, 7) is 2.44. The number of rotatable bonds is 4. The smallest absolute Gasteiger partial charge is 0.306 e. The van der Waals surface area contributed by atoms with Gasteiger partial charge in [-0.2, -0.15) is 13.2 Å². The normalized spacial score (nSPS) is 17.0. The van der Waals surface area contributed by atoms with Gasteiger partial charge < -0.3 is 5.32 Å². The van der Waals surface area contributed by atoms with Crippen molar-refractivity contribution in [2.45, 2.75) is 25.6 Å². The molecule has 4 heteroatoms. The Morgan fingerprint density at radius 3 is 2.43 bits per heavy atom. The first kappa shape index (κ1) is 15.6. The lowest BCUT2D eigenvalue weighted by molar-refractivity contribution is -0.0931. The van der Waals surface area contributed by atoms with Crippen LogP contribution in [-0.4, -0.2) is 12.7 Å². The lowest BCUT2D eigenvalue weighted by Gasteiger charge is -2.17. The Kier molecular flexibility index (Phi) is 5.02. The van der Waals surface area contributed by atoms with E-state index >= 15 is 0 Å². The maximum absolute atomic E-state index is 12.8. The van der Waals surface area contributed by atoms with Crippen LogP contribution in [-0.2, 0) is 0 Å². The van der Waals surface area contributed by atoms with Crippen molar-refractivity contribution in [3.8, 4) is 0 Å². The molecule has 0 unspecified atom stereocenters. The van der Waals surface area contributed by atoms with Crippen molar-refractivity contribution < 1.29 is 13.2 Å². The van der Waals surface area contributed by atoms with Gasteiger partial charge in [-0.15, -0.1) is 0 Å². The number of hydrogen-bond acceptors (Lipinski definition) is 1. The number of halogens is 3. The second-order valence-electron chi connectivity index (χ2n) is 5.09. The summed E-state index contributed by atoms with van der Waals surface area (Å²) in [6, 6.07) is 9.94. The molecule has 0 aromatic heterocycles. The van der Waals surface area contributed by atoms with Crippen LogP contribution >= 0.6 is 0 Å². The molecule has 1 N–H and O–H groups in total. The molecule has 0 saturated carbocycles. The van der Waals surface area contributed by atoms with E-state index in [2.05, 4.69) is 5.32 Å². The lowest BCUT2D eigenvalue weighted by atomic mass is 10.0. The average Bonchev–Trinajstić information content (AvgIpc) is 2.71. The van der Waals surface area contributed by atoms with Gasteiger partial charge in [0, 0.05) is 18.2 Å². The molecule has 1 aliphatic carbocycles. The minimum absolute atomic E-state index is 0.0645. The molecule has 0 spiro atoms. The predicted octanol–water partition coefficient (Wildman–Crippen LogP) is 4.71. The summed E-state index contributed by atoms with van der Waals surface area (Å²) < 4.78 is 38.4. The molecule has 1 aromatic rings. The van der Waals surface area contributed by atoms with Crippen molar-refractivity contribution in [1.82, 2.24) is 5.32 Å². The van der Waals surface area contributed by atoms with E-state index < -0.39 is 11.7 Å². The van der Waals surface area contributed by atoms with E-state index in [-0.39, 0.29) is 12.5 Å². The van der Waals surface area contributed by atoms with E-state index in [0.29, 0.717) is 6.54 Å². The van der Waals surface area contributed by atoms with Gasteiger partial charge >= 0.3 is 6.18 Å². The summed E-state index contributed by atoms with van der Waals surface area (Å²) in [4.78, 5) is 0. The Hall–Kier alpha value is -1.81. The second-order valence-corrected chi connectivity index (χ2v) is 5.09. The molecule has 2 rings (SSSR count). The van der Waals surface area contributed by atoms with Gasteiger partial charge in [-0.1, -0.05) is 60.2 Å². The van der Waals surface area contributed by atoms with E-state index in [4.69, 9.17) is 0 Å². The minimum atomic E-state index is -4.27. The molecule has 0 radical (unpaired) electrons. The van der Waals surface area contributed by atoms with Gasteiger partial charge in [0.15, 0.2) is 0 Å². The van der Waals surface area contributed by atoms with Crippen molar-refractivity contribution in [3.05, 3.63) is 71.3 Å². The van der Waals surface area contributed by atoms with E-state index in [1.54, 1.807) is 12.2 Å². The number of benzene rings is 1. The van der Waals surface area contributed by atoms with E-state index in [1.807, 2.05) is 37.3 Å². The highest BCUT2D eigenvalue weighted by atomic mass is 19.4. The third kappa shape index (κ3) is 4.60. The summed E-state index contributed by atoms with van der Waals surface area (Å²) >= 11 is 0. The highest BCUT2D eigenvalue weighted by Crippen LogP contribution is 2.31. The van der Waals surface area contributed by atoms with Gasteiger partial charge in [0.1, 0.15) is 0 Å². The van der Waals surface area contributed by atoms with Crippen LogP contribution < -0.4 is 5.32 Å². The van der Waals surface area contributed by atoms with Crippen LogP contribution in [0.1, 0.15) is 24.9 Å². The van der Waals surface area contributed by atoms with Gasteiger partial charge in [0.25, 0.3) is 0 Å². The molecule has 1 nitrogen and oxygen atoms in total. The third-order valence-electron chi connectivity index (χ3n) is 3.46. The maximum atomic E-state index is 12.8. The number of alkyl halides is 3. The molecule has 0 aliphatic heterocycles. The Morgan fingerprint density at radius 2 is 1.76 bits per heavy atom. The second kappa shape index (κ2) is 6.76. The zero-order valence-electron chi connectivity index (χ0n) is 11.8. The zero-order chi connectivity index (χ0) is 15.3. The Balaban J connectivity index is 1.96. The van der Waals surface area contributed by atoms with E-state index in [1.165, 1.54) is 6.08 Å². The predicted molar refractivity (Wildman–Crippen MR) is 78.8 cm³/mol. The first-order chi connectivity index (χ1) is 9.97. The maximum Gasteiger partial charge on any atom is 0.413 e. The SMILES string of the molecule is C[C@H](NCC1=CC=CC=C(C(F)(F)F)C1)c1ccccc1. The summed E-state index contributed by atoms with van der Waals surface area (Å²) in [7, 11) is 0. The lowest BCUT2D eigenvalue weighted by Crippen LogP contribution is -2.22. The van der Waals surface area contributed by atoms with Crippen LogP contribution in [0.25, 0.3) is 0 Å². The van der Waals surface area contributed by atoms with Crippen molar-refractivity contribution in [3.63, 3.8) is 0 Å². The standard InChI is InChI=1S/C17H18F3N/c1-13(15-8-3-2-4-9-15)21-12-14-7-5-6-10-16(11-14)17(18,19)20/h2-10,13,21H,11-12H2,1H3/t13-/m0/s1. The quantitative estimate of drug-likeness (QED) is 0.847. The molecule has 0 amide bonds. The van der Waals surface area contributed by atoms with Crippen molar-refractivity contribution >= 4 is 0 Å². The number of hydrogen-bond donors (Lipinski definition) is 1. The van der Waals surface area contributed by atoms with Crippen LogP contribution in [0, 0.1) is 0 Å². The van der Waals surface area contributed by atoms with Crippen molar-refractivity contribution in [1.29, 1.82) is 0 Å². The molecular formula is C17H18F3N. The van der Waals surface area contributed by atoms with Crippen LogP contribution in [0.15, 0.2) is 65.8 Å². The van der Waals surface area contributed by atoms with Crippen LogP contribution in [0.4, 0.5) is 13.2 Å². The fourth-order valence-corrected chi connectivity index (χ4v) is 2.19. The highest BCUT2D eigenvalue weighted by molar-refractivity contribution is 5.32. The molecule has 0 saturated heterocycles. The molecular weight excluding hydrogens is 275 g/mol. The van der Waals surface area contributed by atoms with Gasteiger partial charge in [0.2, 0.25) is 0 Å². The summed E-state index contributed by atoms with van der Waals surface area (Å²) in [5.74, 6) is 0. The topological polar surface area (TPSA) is 12.0 Å². The fraction of sp³-hybridized carbons (Fsp3) is 0.294. The average molecular weight is 293 g/mol. The van der Waals surface area contributed by atoms with Crippen molar-refractivity contribution in [2.75, 3.05) is 6.54 Å². The fourth-order valence-electron chi connectivity index (χ4n) is 2.19. The molecule has 0 heterocycles. The number of allylic oxidation sites excluding steroid dienone is 5. The van der Waals surface area contributed by atoms with E-state index in [9.17, 15) is 13.2 Å². The Bertz CT molecular complexity index is 553. The zero-order valence-corrected chi connectivity index (χ0v) is 11.8. The van der Waals surface area contributed by atoms with Crippen molar-refractivity contribution in [2.24, 2.45) is 0 Å². The number of nitrogens with one attached hydrogen (secondary N) is 1. The molecule has 1 aliphatic rings. The van der Waals surface area contributed by atoms with Gasteiger partial charge in [-0.3, -0.25) is 0 Å². The minimum Gasteiger partial charge on any atom is -0.306 e. The third-order valence-corrected chi connectivity index (χ3v) is 3.46. The molecule has 1 aromatic carbocycles. The Morgan fingerprint density at radius 1 is 1.10 bits per heavy atom. The van der Waals surface area contributed by atoms with E-state index in [0.717, 1.165) is 17.2 Å². The summed E-state index contributed by atoms with van der Waals surface area (Å²) in [5, 5.41) is 3.27. The van der Waals surface area contributed by atoms with Crippen LogP contribution in [0.2, 0.25) is 0 Å². The summed E-state index contributed by atoms with van der Waals surface area (Å²) in [5.41, 5.74) is 1.35. The van der Waals surface area contributed by atoms with Gasteiger partial charge in [-0.05, 0) is 18.9 Å². The first-order valence-electron chi connectivity index (χ1n) is 6.87. The van der Waals surface area contributed by atoms with Gasteiger partial charge in [0.05, 0.1) is 0 Å². The van der Waals surface area contributed by atoms with Gasteiger partial charge in [-0.25, -0.2) is 0 Å². The van der Waals surface area contributed by atoms with Crippen LogP contribution in [0.3, 0.4) is 0 Å².